The van der Waals surface area contributed by atoms with E-state index in [4.69, 9.17) is 14.5 Å². The molecule has 7 nitrogen and oxygen atoms in total. The molecule has 2 aliphatic rings. The summed E-state index contributed by atoms with van der Waals surface area (Å²) in [6.07, 6.45) is 3.67. The number of rotatable bonds is 7. The highest BCUT2D eigenvalue weighted by Gasteiger charge is 2.42. The predicted octanol–water partition coefficient (Wildman–Crippen LogP) is 3.74. The van der Waals surface area contributed by atoms with Gasteiger partial charge in [0.15, 0.2) is 0 Å². The third-order valence-corrected chi connectivity index (χ3v) is 8.45. The second kappa shape index (κ2) is 9.62. The van der Waals surface area contributed by atoms with Crippen LogP contribution in [-0.4, -0.2) is 56.8 Å². The van der Waals surface area contributed by atoms with Gasteiger partial charge < -0.3 is 9.47 Å². The van der Waals surface area contributed by atoms with Crippen LogP contribution in [0.25, 0.3) is 10.9 Å². The molecular formula is C26H31N3O4S. The molecule has 3 heterocycles. The molecule has 34 heavy (non-hydrogen) atoms. The first kappa shape index (κ1) is 23.2. The Morgan fingerprint density at radius 1 is 1.06 bits per heavy atom. The summed E-state index contributed by atoms with van der Waals surface area (Å²) in [6, 6.07) is 18.6. The smallest absolute Gasteiger partial charge is 0.240 e. The molecule has 1 unspecified atom stereocenters. The van der Waals surface area contributed by atoms with Gasteiger partial charge in [-0.3, -0.25) is 4.90 Å². The summed E-state index contributed by atoms with van der Waals surface area (Å²) in [5, 5.41) is 1.08. The lowest BCUT2D eigenvalue weighted by atomic mass is 9.88. The van der Waals surface area contributed by atoms with Gasteiger partial charge in [-0.05, 0) is 49.9 Å². The van der Waals surface area contributed by atoms with Gasteiger partial charge in [0.2, 0.25) is 10.0 Å². The van der Waals surface area contributed by atoms with Gasteiger partial charge in [0.05, 0.1) is 29.4 Å². The molecule has 0 bridgehead atoms. The van der Waals surface area contributed by atoms with Crippen molar-refractivity contribution in [2.24, 2.45) is 0 Å². The Labute approximate surface area is 201 Å². The van der Waals surface area contributed by atoms with Crippen LogP contribution in [0.1, 0.15) is 31.4 Å². The Balaban J connectivity index is 1.15. The average molecular weight is 482 g/mol. The van der Waals surface area contributed by atoms with Gasteiger partial charge >= 0.3 is 0 Å². The zero-order valence-electron chi connectivity index (χ0n) is 19.4. The molecule has 1 N–H and O–H groups in total. The van der Waals surface area contributed by atoms with E-state index in [9.17, 15) is 8.42 Å². The molecule has 0 amide bonds. The van der Waals surface area contributed by atoms with Crippen molar-refractivity contribution in [3.8, 4) is 5.75 Å². The first-order chi connectivity index (χ1) is 16.5. The molecule has 0 radical (unpaired) electrons. The number of aromatic nitrogens is 1. The average Bonchev–Trinajstić information content (AvgIpc) is 3.27. The highest BCUT2D eigenvalue weighted by atomic mass is 32.2. The molecule has 2 aromatic carbocycles. The van der Waals surface area contributed by atoms with Crippen LogP contribution < -0.4 is 9.46 Å². The van der Waals surface area contributed by atoms with Crippen LogP contribution in [0.3, 0.4) is 0 Å². The molecule has 0 saturated carbocycles. The van der Waals surface area contributed by atoms with Gasteiger partial charge in [-0.25, -0.2) is 18.1 Å². The number of para-hydroxylation sites is 1. The quantitative estimate of drug-likeness (QED) is 0.554. The molecule has 1 atom stereocenters. The normalized spacial score (nSPS) is 20.7. The van der Waals surface area contributed by atoms with Crippen LogP contribution in [0.15, 0.2) is 65.6 Å². The minimum Gasteiger partial charge on any atom is -0.494 e. The Hall–Kier alpha value is -2.52. The predicted molar refractivity (Wildman–Crippen MR) is 131 cm³/mol. The highest BCUT2D eigenvalue weighted by Crippen LogP contribution is 2.39. The van der Waals surface area contributed by atoms with E-state index in [1.807, 2.05) is 24.3 Å². The summed E-state index contributed by atoms with van der Waals surface area (Å²) >= 11 is 0. The fourth-order valence-corrected chi connectivity index (χ4v) is 6.14. The first-order valence-electron chi connectivity index (χ1n) is 11.8. The monoisotopic (exact) mass is 481 g/mol. The maximum atomic E-state index is 12.5. The number of nitrogens with one attached hydrogen (secondary N) is 1. The summed E-state index contributed by atoms with van der Waals surface area (Å²) in [7, 11) is -1.83. The molecule has 3 aromatic rings. The second-order valence-corrected chi connectivity index (χ2v) is 11.0. The number of fused-ring (bicyclic) bond motifs is 1. The number of ether oxygens (including phenoxy) is 2. The van der Waals surface area contributed by atoms with Crippen LogP contribution in [0.4, 0.5) is 0 Å². The van der Waals surface area contributed by atoms with Crippen molar-refractivity contribution in [1.82, 2.24) is 14.6 Å². The molecule has 0 aliphatic carbocycles. The van der Waals surface area contributed by atoms with Gasteiger partial charge in [-0.1, -0.05) is 36.4 Å². The molecule has 2 saturated heterocycles. The molecule has 180 valence electrons. The van der Waals surface area contributed by atoms with Gasteiger partial charge in [0, 0.05) is 31.6 Å². The number of hydrogen-bond donors (Lipinski definition) is 1. The Kier molecular flexibility index (Phi) is 6.57. The van der Waals surface area contributed by atoms with E-state index in [1.54, 1.807) is 31.4 Å². The lowest BCUT2D eigenvalue weighted by Crippen LogP contribution is -2.45. The Morgan fingerprint density at radius 2 is 1.85 bits per heavy atom. The van der Waals surface area contributed by atoms with Gasteiger partial charge in [-0.15, -0.1) is 0 Å². The fraction of sp³-hybridized carbons (Fsp3) is 0.423. The van der Waals surface area contributed by atoms with Crippen LogP contribution >= 0.6 is 0 Å². The third kappa shape index (κ3) is 4.95. The molecule has 8 heteroatoms. The summed E-state index contributed by atoms with van der Waals surface area (Å²) in [4.78, 5) is 7.56. The van der Waals surface area contributed by atoms with E-state index in [-0.39, 0.29) is 16.6 Å². The molecule has 1 spiro atoms. The van der Waals surface area contributed by atoms with Gasteiger partial charge in [-0.2, -0.15) is 0 Å². The summed E-state index contributed by atoms with van der Waals surface area (Å²) in [5.74, 6) is 0.797. The van der Waals surface area contributed by atoms with Crippen LogP contribution in [-0.2, 0) is 21.3 Å². The molecular weight excluding hydrogens is 450 g/mol. The molecule has 2 fully saturated rings. The number of methoxy groups -OCH3 is 1. The number of piperidine rings is 1. The van der Waals surface area contributed by atoms with Crippen molar-refractivity contribution in [2.45, 2.75) is 48.8 Å². The summed E-state index contributed by atoms with van der Waals surface area (Å²) in [6.45, 7) is 2.98. The summed E-state index contributed by atoms with van der Waals surface area (Å²) in [5.41, 5.74) is 1.80. The van der Waals surface area contributed by atoms with Crippen molar-refractivity contribution < 1.29 is 17.9 Å². The first-order valence-corrected chi connectivity index (χ1v) is 13.3. The number of hydrogen-bond acceptors (Lipinski definition) is 6. The lowest BCUT2D eigenvalue weighted by Gasteiger charge is -2.39. The minimum atomic E-state index is -3.51. The summed E-state index contributed by atoms with van der Waals surface area (Å²) < 4.78 is 39.6. The fourth-order valence-electron chi connectivity index (χ4n) is 5.05. The van der Waals surface area contributed by atoms with E-state index in [1.165, 1.54) is 0 Å². The molecule has 5 rings (SSSR count). The molecule has 2 aliphatic heterocycles. The Bertz CT molecular complexity index is 1240. The third-order valence-electron chi connectivity index (χ3n) is 7.01. The van der Waals surface area contributed by atoms with Crippen molar-refractivity contribution in [1.29, 1.82) is 0 Å². The SMILES string of the molecule is COc1cccc2ccc(CN3CCC4(CCC(CNS(=O)(=O)c5ccccc5)O4)CC3)nc12. The maximum absolute atomic E-state index is 12.5. The Morgan fingerprint density at radius 3 is 2.62 bits per heavy atom. The van der Waals surface area contributed by atoms with E-state index in [2.05, 4.69) is 21.8 Å². The zero-order chi connectivity index (χ0) is 23.6. The number of pyridine rings is 1. The number of benzene rings is 2. The number of nitrogens with zero attached hydrogens (tertiary/aromatic N) is 2. The van der Waals surface area contributed by atoms with Crippen molar-refractivity contribution in [3.05, 3.63) is 66.4 Å². The van der Waals surface area contributed by atoms with Crippen molar-refractivity contribution in [3.63, 3.8) is 0 Å². The molecule has 1 aromatic heterocycles. The van der Waals surface area contributed by atoms with Crippen LogP contribution in [0.5, 0.6) is 5.75 Å². The van der Waals surface area contributed by atoms with E-state index in [0.29, 0.717) is 6.54 Å². The van der Waals surface area contributed by atoms with Gasteiger partial charge in [0.25, 0.3) is 0 Å². The zero-order valence-corrected chi connectivity index (χ0v) is 20.3. The second-order valence-electron chi connectivity index (χ2n) is 9.24. The van der Waals surface area contributed by atoms with Crippen molar-refractivity contribution in [2.75, 3.05) is 26.7 Å². The number of sulfonamides is 1. The standard InChI is InChI=1S/C26H31N3O4S/c1-32-24-9-5-6-20-10-11-21(28-25(20)24)19-29-16-14-26(15-17-29)13-12-22(33-26)18-27-34(30,31)23-7-3-2-4-8-23/h2-11,22,27H,12-19H2,1H3. The van der Waals surface area contributed by atoms with Crippen molar-refractivity contribution >= 4 is 20.9 Å². The topological polar surface area (TPSA) is 80.8 Å². The van der Waals surface area contributed by atoms with E-state index in [0.717, 1.165) is 67.7 Å². The largest absolute Gasteiger partial charge is 0.494 e. The van der Waals surface area contributed by atoms with Gasteiger partial charge in [0.1, 0.15) is 11.3 Å². The van der Waals surface area contributed by atoms with E-state index < -0.39 is 10.0 Å². The minimum absolute atomic E-state index is 0.0837. The van der Waals surface area contributed by atoms with Crippen LogP contribution in [0.2, 0.25) is 0 Å². The van der Waals surface area contributed by atoms with Crippen LogP contribution in [0, 0.1) is 0 Å². The van der Waals surface area contributed by atoms with E-state index >= 15 is 0 Å². The highest BCUT2D eigenvalue weighted by molar-refractivity contribution is 7.89. The lowest BCUT2D eigenvalue weighted by molar-refractivity contribution is -0.0759. The number of likely N-dealkylation sites (tertiary alicyclic amines) is 1. The maximum Gasteiger partial charge on any atom is 0.240 e.